The van der Waals surface area contributed by atoms with Gasteiger partial charge in [0.05, 0.1) is 11.1 Å². The van der Waals surface area contributed by atoms with E-state index in [0.717, 1.165) is 25.7 Å². The summed E-state index contributed by atoms with van der Waals surface area (Å²) in [5.74, 6) is -0.276. The molecule has 1 aromatic heterocycles. The van der Waals surface area contributed by atoms with Gasteiger partial charge in [-0.15, -0.1) is 0 Å². The number of rotatable bonds is 4. The number of aromatic nitrogens is 1. The number of hydrogen-bond donors (Lipinski definition) is 2. The van der Waals surface area contributed by atoms with Gasteiger partial charge in [0, 0.05) is 17.6 Å². The van der Waals surface area contributed by atoms with Crippen molar-refractivity contribution in [3.05, 3.63) is 41.8 Å². The van der Waals surface area contributed by atoms with Crippen LogP contribution in [0.4, 0.5) is 4.39 Å². The molecule has 22 heavy (non-hydrogen) atoms. The third kappa shape index (κ3) is 2.95. The number of nitrogens with one attached hydrogen (secondary N) is 1. The van der Waals surface area contributed by atoms with E-state index in [1.807, 2.05) is 0 Å². The standard InChI is InChI=1S/C17H20FN3O/c18-16-13-2-1-9-20-15(13)6-5-14(16)17(22)21-12-4-3-11(10-12)7-8-19/h1-2,5-6,9,11-12H,3-4,7-8,10,19H2,(H,21,22). The van der Waals surface area contributed by atoms with Crippen molar-refractivity contribution < 1.29 is 9.18 Å². The first kappa shape index (κ1) is 14.9. The molecule has 2 atom stereocenters. The molecular weight excluding hydrogens is 281 g/mol. The number of hydrogen-bond acceptors (Lipinski definition) is 3. The van der Waals surface area contributed by atoms with Gasteiger partial charge in [0.1, 0.15) is 5.82 Å². The number of fused-ring (bicyclic) bond motifs is 1. The first-order valence-electron chi connectivity index (χ1n) is 7.73. The lowest BCUT2D eigenvalue weighted by Crippen LogP contribution is -2.33. The molecule has 1 fully saturated rings. The van der Waals surface area contributed by atoms with E-state index in [9.17, 15) is 9.18 Å². The van der Waals surface area contributed by atoms with Gasteiger partial charge in [0.15, 0.2) is 0 Å². The van der Waals surface area contributed by atoms with Crippen LogP contribution in [0, 0.1) is 11.7 Å². The molecule has 1 aliphatic carbocycles. The van der Waals surface area contributed by atoms with Crippen LogP contribution in [0.1, 0.15) is 36.0 Å². The Bertz CT molecular complexity index is 689. The van der Waals surface area contributed by atoms with Gasteiger partial charge in [-0.3, -0.25) is 9.78 Å². The van der Waals surface area contributed by atoms with Crippen LogP contribution in [-0.4, -0.2) is 23.5 Å². The van der Waals surface area contributed by atoms with Gasteiger partial charge in [-0.2, -0.15) is 0 Å². The fourth-order valence-corrected chi connectivity index (χ4v) is 3.26. The predicted molar refractivity (Wildman–Crippen MR) is 84.0 cm³/mol. The number of amides is 1. The summed E-state index contributed by atoms with van der Waals surface area (Å²) < 4.78 is 14.5. The summed E-state index contributed by atoms with van der Waals surface area (Å²) in [7, 11) is 0. The van der Waals surface area contributed by atoms with Crippen molar-refractivity contribution in [3.63, 3.8) is 0 Å². The zero-order valence-corrected chi connectivity index (χ0v) is 12.4. The minimum Gasteiger partial charge on any atom is -0.349 e. The molecule has 5 heteroatoms. The van der Waals surface area contributed by atoms with Crippen molar-refractivity contribution in [2.75, 3.05) is 6.54 Å². The summed E-state index contributed by atoms with van der Waals surface area (Å²) in [6.07, 6.45) is 5.54. The van der Waals surface area contributed by atoms with Crippen molar-refractivity contribution in [3.8, 4) is 0 Å². The summed E-state index contributed by atoms with van der Waals surface area (Å²) in [4.78, 5) is 16.4. The number of nitrogens with zero attached hydrogens (tertiary/aromatic N) is 1. The van der Waals surface area contributed by atoms with E-state index in [2.05, 4.69) is 10.3 Å². The molecule has 1 aromatic carbocycles. The van der Waals surface area contributed by atoms with Gasteiger partial charge in [0.25, 0.3) is 5.91 Å². The Balaban J connectivity index is 1.74. The second-order valence-corrected chi connectivity index (χ2v) is 5.92. The number of carbonyl (C=O) groups is 1. The molecule has 3 N–H and O–H groups in total. The molecule has 1 saturated carbocycles. The molecule has 0 aliphatic heterocycles. The highest BCUT2D eigenvalue weighted by molar-refractivity contribution is 5.98. The molecule has 0 saturated heterocycles. The average Bonchev–Trinajstić information content (AvgIpc) is 2.95. The Morgan fingerprint density at radius 2 is 2.23 bits per heavy atom. The third-order valence-electron chi connectivity index (χ3n) is 4.42. The number of nitrogens with two attached hydrogens (primary N) is 1. The van der Waals surface area contributed by atoms with E-state index in [-0.39, 0.29) is 17.5 Å². The topological polar surface area (TPSA) is 68.0 Å². The van der Waals surface area contributed by atoms with E-state index in [1.165, 1.54) is 6.07 Å². The fraction of sp³-hybridized carbons (Fsp3) is 0.412. The second-order valence-electron chi connectivity index (χ2n) is 5.92. The van der Waals surface area contributed by atoms with Crippen molar-refractivity contribution in [1.29, 1.82) is 0 Å². The van der Waals surface area contributed by atoms with Crippen molar-refractivity contribution in [1.82, 2.24) is 10.3 Å². The normalized spacial score (nSPS) is 21.2. The highest BCUT2D eigenvalue weighted by Crippen LogP contribution is 2.28. The minimum absolute atomic E-state index is 0.0859. The highest BCUT2D eigenvalue weighted by atomic mass is 19.1. The largest absolute Gasteiger partial charge is 0.349 e. The monoisotopic (exact) mass is 301 g/mol. The molecule has 3 rings (SSSR count). The van der Waals surface area contributed by atoms with Gasteiger partial charge in [-0.1, -0.05) is 0 Å². The van der Waals surface area contributed by atoms with E-state index in [1.54, 1.807) is 24.4 Å². The van der Waals surface area contributed by atoms with Crippen LogP contribution in [0.5, 0.6) is 0 Å². The quantitative estimate of drug-likeness (QED) is 0.912. The Morgan fingerprint density at radius 1 is 1.36 bits per heavy atom. The molecule has 0 bridgehead atoms. The van der Waals surface area contributed by atoms with Gasteiger partial charge in [-0.05, 0) is 62.4 Å². The molecular formula is C17H20FN3O. The van der Waals surface area contributed by atoms with Crippen LogP contribution in [0.2, 0.25) is 0 Å². The maximum absolute atomic E-state index is 14.5. The Kier molecular flexibility index (Phi) is 4.34. The van der Waals surface area contributed by atoms with Crippen molar-refractivity contribution >= 4 is 16.8 Å². The molecule has 1 heterocycles. The molecule has 2 aromatic rings. The lowest BCUT2D eigenvalue weighted by atomic mass is 10.0. The fourth-order valence-electron chi connectivity index (χ4n) is 3.26. The zero-order chi connectivity index (χ0) is 15.5. The smallest absolute Gasteiger partial charge is 0.254 e. The number of pyridine rings is 1. The summed E-state index contributed by atoms with van der Waals surface area (Å²) in [5, 5.41) is 3.33. The lowest BCUT2D eigenvalue weighted by Gasteiger charge is -2.14. The Hall–Kier alpha value is -2.01. The van der Waals surface area contributed by atoms with E-state index >= 15 is 0 Å². The van der Waals surface area contributed by atoms with Crippen LogP contribution in [-0.2, 0) is 0 Å². The summed E-state index contributed by atoms with van der Waals surface area (Å²) in [6.45, 7) is 0.678. The minimum atomic E-state index is -0.500. The maximum Gasteiger partial charge on any atom is 0.254 e. The third-order valence-corrected chi connectivity index (χ3v) is 4.42. The Labute approximate surface area is 128 Å². The molecule has 0 spiro atoms. The van der Waals surface area contributed by atoms with E-state index in [0.29, 0.717) is 23.4 Å². The zero-order valence-electron chi connectivity index (χ0n) is 12.4. The summed E-state index contributed by atoms with van der Waals surface area (Å²) in [6, 6.07) is 6.61. The predicted octanol–water partition coefficient (Wildman–Crippen LogP) is 2.62. The van der Waals surface area contributed by atoms with Crippen molar-refractivity contribution in [2.24, 2.45) is 11.7 Å². The Morgan fingerprint density at radius 3 is 3.05 bits per heavy atom. The second kappa shape index (κ2) is 6.40. The van der Waals surface area contributed by atoms with Crippen molar-refractivity contribution in [2.45, 2.75) is 31.7 Å². The number of benzene rings is 1. The lowest BCUT2D eigenvalue weighted by molar-refractivity contribution is 0.0933. The van der Waals surface area contributed by atoms with Gasteiger partial charge >= 0.3 is 0 Å². The number of halogens is 1. The van der Waals surface area contributed by atoms with Crippen LogP contribution in [0.15, 0.2) is 30.5 Å². The SMILES string of the molecule is NCCC1CCC(NC(=O)c2ccc3ncccc3c2F)C1. The first-order valence-corrected chi connectivity index (χ1v) is 7.73. The summed E-state index contributed by atoms with van der Waals surface area (Å²) >= 11 is 0. The molecule has 4 nitrogen and oxygen atoms in total. The van der Waals surface area contributed by atoms with Crippen LogP contribution in [0.3, 0.4) is 0 Å². The molecule has 2 unspecified atom stereocenters. The van der Waals surface area contributed by atoms with Gasteiger partial charge < -0.3 is 11.1 Å². The van der Waals surface area contributed by atoms with Gasteiger partial charge in [0.2, 0.25) is 0 Å². The van der Waals surface area contributed by atoms with Gasteiger partial charge in [-0.25, -0.2) is 4.39 Å². The molecule has 0 radical (unpaired) electrons. The molecule has 1 amide bonds. The van der Waals surface area contributed by atoms with Crippen LogP contribution in [0.25, 0.3) is 10.9 Å². The van der Waals surface area contributed by atoms with E-state index in [4.69, 9.17) is 5.73 Å². The molecule has 116 valence electrons. The van der Waals surface area contributed by atoms with Crippen LogP contribution < -0.4 is 11.1 Å². The van der Waals surface area contributed by atoms with Crippen LogP contribution >= 0.6 is 0 Å². The highest BCUT2D eigenvalue weighted by Gasteiger charge is 2.26. The number of carbonyl (C=O) groups excluding carboxylic acids is 1. The first-order chi connectivity index (χ1) is 10.7. The average molecular weight is 301 g/mol. The van der Waals surface area contributed by atoms with E-state index < -0.39 is 5.82 Å². The molecule has 1 aliphatic rings. The maximum atomic E-state index is 14.5. The summed E-state index contributed by atoms with van der Waals surface area (Å²) in [5.41, 5.74) is 6.22.